The number of allylic oxidation sites excluding steroid dienone is 1. The second-order valence-electron chi connectivity index (χ2n) is 7.02. The van der Waals surface area contributed by atoms with Crippen molar-refractivity contribution in [3.63, 3.8) is 0 Å². The van der Waals surface area contributed by atoms with Gasteiger partial charge < -0.3 is 11.1 Å². The number of nitrogens with two attached hydrogens (primary N) is 1. The van der Waals surface area contributed by atoms with Gasteiger partial charge in [-0.15, -0.1) is 0 Å². The number of hydrogen-bond acceptors (Lipinski definition) is 3. The number of benzene rings is 1. The van der Waals surface area contributed by atoms with Crippen molar-refractivity contribution in [2.24, 2.45) is 11.3 Å². The molecule has 3 nitrogen and oxygen atoms in total. The van der Waals surface area contributed by atoms with Crippen LogP contribution in [-0.4, -0.2) is 6.04 Å². The Labute approximate surface area is 134 Å². The zero-order valence-electron chi connectivity index (χ0n) is 13.9. The summed E-state index contributed by atoms with van der Waals surface area (Å²) < 4.78 is 0. The van der Waals surface area contributed by atoms with Crippen LogP contribution >= 0.6 is 0 Å². The first-order valence-electron chi connectivity index (χ1n) is 8.12. The van der Waals surface area contributed by atoms with Crippen LogP contribution in [0.5, 0.6) is 0 Å². The van der Waals surface area contributed by atoms with Crippen LogP contribution in [0.2, 0.25) is 0 Å². The first-order chi connectivity index (χ1) is 10.4. The van der Waals surface area contributed by atoms with E-state index in [0.717, 1.165) is 48.2 Å². The number of nitrogens with zero attached hydrogens (tertiary/aromatic N) is 1. The first-order valence-corrected chi connectivity index (χ1v) is 8.12. The number of anilines is 2. The van der Waals surface area contributed by atoms with Gasteiger partial charge in [0.1, 0.15) is 0 Å². The van der Waals surface area contributed by atoms with Crippen molar-refractivity contribution in [2.75, 3.05) is 11.1 Å². The van der Waals surface area contributed by atoms with E-state index < -0.39 is 0 Å². The second kappa shape index (κ2) is 6.44. The third kappa shape index (κ3) is 3.62. The van der Waals surface area contributed by atoms with Gasteiger partial charge in [0.05, 0.1) is 22.9 Å². The van der Waals surface area contributed by atoms with Gasteiger partial charge >= 0.3 is 0 Å². The van der Waals surface area contributed by atoms with Crippen molar-refractivity contribution in [2.45, 2.75) is 52.5 Å². The van der Waals surface area contributed by atoms with Crippen molar-refractivity contribution in [3.05, 3.63) is 30.3 Å². The molecule has 1 aromatic carbocycles. The molecular formula is C19H27N3. The summed E-state index contributed by atoms with van der Waals surface area (Å²) in [5.74, 6) is 0.552. The zero-order chi connectivity index (χ0) is 16.3. The molecule has 0 amide bonds. The summed E-state index contributed by atoms with van der Waals surface area (Å²) >= 11 is 0. The lowest BCUT2D eigenvalue weighted by Gasteiger charge is -2.37. The van der Waals surface area contributed by atoms with E-state index in [1.54, 1.807) is 0 Å². The summed E-state index contributed by atoms with van der Waals surface area (Å²) in [5.41, 5.74) is 9.88. The Morgan fingerprint density at radius 3 is 2.82 bits per heavy atom. The van der Waals surface area contributed by atoms with Crippen LogP contribution in [0.25, 0.3) is 5.57 Å². The molecule has 0 heterocycles. The van der Waals surface area contributed by atoms with Gasteiger partial charge in [-0.05, 0) is 61.8 Å². The van der Waals surface area contributed by atoms with E-state index in [2.05, 4.69) is 44.8 Å². The second-order valence-corrected chi connectivity index (χ2v) is 7.02. The Bertz CT molecular complexity index is 599. The van der Waals surface area contributed by atoms with Gasteiger partial charge in [0, 0.05) is 6.04 Å². The largest absolute Gasteiger partial charge is 0.397 e. The van der Waals surface area contributed by atoms with Gasteiger partial charge in [-0.1, -0.05) is 26.5 Å². The Hall–Kier alpha value is -1.95. The first kappa shape index (κ1) is 16.4. The molecule has 1 aromatic rings. The van der Waals surface area contributed by atoms with Crippen molar-refractivity contribution < 1.29 is 0 Å². The lowest BCUT2D eigenvalue weighted by atomic mass is 9.70. The van der Waals surface area contributed by atoms with Crippen molar-refractivity contribution in [1.82, 2.24) is 0 Å². The van der Waals surface area contributed by atoms with Crippen molar-refractivity contribution in [1.29, 1.82) is 5.26 Å². The summed E-state index contributed by atoms with van der Waals surface area (Å²) in [6.45, 7) is 10.4. The molecular weight excluding hydrogens is 270 g/mol. The summed E-state index contributed by atoms with van der Waals surface area (Å²) in [5, 5.41) is 13.0. The minimum atomic E-state index is -0.236. The molecule has 0 aromatic heterocycles. The molecule has 1 saturated carbocycles. The minimum Gasteiger partial charge on any atom is -0.397 e. The zero-order valence-corrected chi connectivity index (χ0v) is 13.9. The maximum atomic E-state index is 9.42. The lowest BCUT2D eigenvalue weighted by molar-refractivity contribution is 0.216. The summed E-state index contributed by atoms with van der Waals surface area (Å²) in [4.78, 5) is 0. The number of nitriles is 1. The molecule has 3 N–H and O–H groups in total. The highest BCUT2D eigenvalue weighted by Gasteiger charge is 2.35. The molecule has 118 valence electrons. The number of hydrogen-bond donors (Lipinski definition) is 2. The molecule has 0 spiro atoms. The molecule has 0 radical (unpaired) electrons. The molecule has 1 fully saturated rings. The van der Waals surface area contributed by atoms with E-state index in [-0.39, 0.29) is 5.41 Å². The highest BCUT2D eigenvalue weighted by atomic mass is 14.9. The molecule has 3 unspecified atom stereocenters. The summed E-state index contributed by atoms with van der Waals surface area (Å²) in [6, 6.07) is 8.89. The predicted octanol–water partition coefficient (Wildman–Crippen LogP) is 4.82. The van der Waals surface area contributed by atoms with E-state index in [0.29, 0.717) is 12.0 Å². The van der Waals surface area contributed by atoms with Crippen LogP contribution in [0.3, 0.4) is 0 Å². The van der Waals surface area contributed by atoms with Crippen LogP contribution in [0.1, 0.15) is 52.0 Å². The fraction of sp³-hybridized carbons (Fsp3) is 0.526. The third-order valence-corrected chi connectivity index (χ3v) is 4.70. The quantitative estimate of drug-likeness (QED) is 0.783. The fourth-order valence-corrected chi connectivity index (χ4v) is 3.59. The van der Waals surface area contributed by atoms with Crippen LogP contribution in [-0.2, 0) is 0 Å². The smallest absolute Gasteiger partial charge is 0.0687 e. The minimum absolute atomic E-state index is 0.236. The van der Waals surface area contributed by atoms with E-state index in [1.165, 1.54) is 0 Å². The molecule has 1 aliphatic carbocycles. The molecule has 0 aliphatic heterocycles. The normalized spacial score (nSPS) is 27.9. The molecule has 2 rings (SSSR count). The molecule has 0 saturated heterocycles. The van der Waals surface area contributed by atoms with E-state index in [1.807, 2.05) is 12.1 Å². The predicted molar refractivity (Wildman–Crippen MR) is 94.3 cm³/mol. The topological polar surface area (TPSA) is 61.8 Å². The summed E-state index contributed by atoms with van der Waals surface area (Å²) in [7, 11) is 0. The fourth-order valence-electron chi connectivity index (χ4n) is 3.59. The van der Waals surface area contributed by atoms with Gasteiger partial charge in [0.2, 0.25) is 0 Å². The molecule has 22 heavy (non-hydrogen) atoms. The molecule has 3 heteroatoms. The molecule has 0 bridgehead atoms. The average molecular weight is 297 g/mol. The van der Waals surface area contributed by atoms with Crippen LogP contribution < -0.4 is 11.1 Å². The number of nitrogens with one attached hydrogen (secondary N) is 1. The van der Waals surface area contributed by atoms with Gasteiger partial charge in [-0.3, -0.25) is 0 Å². The standard InChI is InChI=1S/C19H27N3/c1-5-14(3)15-6-7-18(17(21)9-15)22-16-8-13(2)10-19(4,11-16)12-20/h6-7,9,13,16,22H,3,5,8,10-11,21H2,1-2,4H3. The molecule has 1 aliphatic rings. The Balaban J connectivity index is 2.14. The van der Waals surface area contributed by atoms with Gasteiger partial charge in [-0.25, -0.2) is 0 Å². The van der Waals surface area contributed by atoms with Crippen LogP contribution in [0.4, 0.5) is 11.4 Å². The van der Waals surface area contributed by atoms with Gasteiger partial charge in [-0.2, -0.15) is 5.26 Å². The maximum Gasteiger partial charge on any atom is 0.0687 e. The van der Waals surface area contributed by atoms with E-state index in [9.17, 15) is 5.26 Å². The number of rotatable bonds is 4. The van der Waals surface area contributed by atoms with Crippen LogP contribution in [0.15, 0.2) is 24.8 Å². The van der Waals surface area contributed by atoms with Crippen molar-refractivity contribution >= 4 is 16.9 Å². The third-order valence-electron chi connectivity index (χ3n) is 4.70. The van der Waals surface area contributed by atoms with Gasteiger partial charge in [0.15, 0.2) is 0 Å². The van der Waals surface area contributed by atoms with Crippen LogP contribution in [0, 0.1) is 22.7 Å². The Kier molecular flexibility index (Phi) is 4.81. The van der Waals surface area contributed by atoms with E-state index >= 15 is 0 Å². The Morgan fingerprint density at radius 1 is 1.50 bits per heavy atom. The SMILES string of the molecule is C=C(CC)c1ccc(NC2CC(C)CC(C)(C#N)C2)c(N)c1. The average Bonchev–Trinajstić information content (AvgIpc) is 2.47. The monoisotopic (exact) mass is 297 g/mol. The number of nitrogen functional groups attached to an aromatic ring is 1. The van der Waals surface area contributed by atoms with Crippen molar-refractivity contribution in [3.8, 4) is 6.07 Å². The highest BCUT2D eigenvalue weighted by Crippen LogP contribution is 2.40. The summed E-state index contributed by atoms with van der Waals surface area (Å²) in [6.07, 6.45) is 3.86. The van der Waals surface area contributed by atoms with Gasteiger partial charge in [0.25, 0.3) is 0 Å². The highest BCUT2D eigenvalue weighted by molar-refractivity contribution is 5.74. The molecule has 3 atom stereocenters. The van der Waals surface area contributed by atoms with E-state index in [4.69, 9.17) is 5.73 Å². The maximum absolute atomic E-state index is 9.42. The lowest BCUT2D eigenvalue weighted by Crippen LogP contribution is -2.36. The Morgan fingerprint density at radius 2 is 2.23 bits per heavy atom.